The van der Waals surface area contributed by atoms with Crippen LogP contribution in [0.2, 0.25) is 0 Å². The molecule has 17 heavy (non-hydrogen) atoms. The summed E-state index contributed by atoms with van der Waals surface area (Å²) in [5.41, 5.74) is 1.76. The highest BCUT2D eigenvalue weighted by Gasteiger charge is 2.39. The molecular formula is C15H27NO. The number of hydrogen-bond donors (Lipinski definition) is 0. The molecule has 0 aromatic carbocycles. The van der Waals surface area contributed by atoms with Crippen molar-refractivity contribution >= 4 is 0 Å². The van der Waals surface area contributed by atoms with Gasteiger partial charge in [0.2, 0.25) is 0 Å². The molecule has 0 aliphatic carbocycles. The molecule has 1 saturated heterocycles. The standard InChI is InChI=1S/C15H27NO/c1-4-13-7-8-15(17-14(13)5-2)9-11-16(6-3)12-10-15/h4-12H2,1-3H3. The summed E-state index contributed by atoms with van der Waals surface area (Å²) in [6, 6.07) is 0. The zero-order valence-electron chi connectivity index (χ0n) is 11.7. The lowest BCUT2D eigenvalue weighted by molar-refractivity contribution is -0.0660. The first kappa shape index (κ1) is 12.9. The number of hydrogen-bond acceptors (Lipinski definition) is 2. The largest absolute Gasteiger partial charge is 0.492 e. The summed E-state index contributed by atoms with van der Waals surface area (Å²) in [5, 5.41) is 0. The van der Waals surface area contributed by atoms with Crippen LogP contribution in [0.5, 0.6) is 0 Å². The van der Waals surface area contributed by atoms with E-state index in [9.17, 15) is 0 Å². The molecule has 0 aromatic heterocycles. The highest BCUT2D eigenvalue weighted by molar-refractivity contribution is 5.14. The van der Waals surface area contributed by atoms with Gasteiger partial charge in [0, 0.05) is 19.5 Å². The van der Waals surface area contributed by atoms with Crippen LogP contribution >= 0.6 is 0 Å². The smallest absolute Gasteiger partial charge is 0.111 e. The van der Waals surface area contributed by atoms with Crippen LogP contribution < -0.4 is 0 Å². The predicted octanol–water partition coefficient (Wildman–Crippen LogP) is 3.73. The molecule has 2 heterocycles. The zero-order chi connectivity index (χ0) is 12.3. The highest BCUT2D eigenvalue weighted by atomic mass is 16.5. The normalized spacial score (nSPS) is 25.1. The van der Waals surface area contributed by atoms with Crippen LogP contribution in [-0.2, 0) is 4.74 Å². The Morgan fingerprint density at radius 1 is 1.06 bits per heavy atom. The van der Waals surface area contributed by atoms with Gasteiger partial charge >= 0.3 is 0 Å². The molecule has 0 saturated carbocycles. The third-order valence-electron chi connectivity index (χ3n) is 4.58. The molecule has 0 radical (unpaired) electrons. The van der Waals surface area contributed by atoms with E-state index in [1.165, 1.54) is 57.5 Å². The first-order valence-electron chi connectivity index (χ1n) is 7.35. The van der Waals surface area contributed by atoms with Gasteiger partial charge < -0.3 is 9.64 Å². The van der Waals surface area contributed by atoms with Crippen molar-refractivity contribution in [1.82, 2.24) is 4.90 Å². The maximum Gasteiger partial charge on any atom is 0.111 e. The second-order valence-electron chi connectivity index (χ2n) is 5.45. The quantitative estimate of drug-likeness (QED) is 0.741. The van der Waals surface area contributed by atoms with Crippen LogP contribution in [0.25, 0.3) is 0 Å². The van der Waals surface area contributed by atoms with E-state index < -0.39 is 0 Å². The Balaban J connectivity index is 2.03. The van der Waals surface area contributed by atoms with Gasteiger partial charge in [-0.05, 0) is 44.2 Å². The van der Waals surface area contributed by atoms with Gasteiger partial charge in [0.25, 0.3) is 0 Å². The fourth-order valence-corrected chi connectivity index (χ4v) is 3.23. The van der Waals surface area contributed by atoms with E-state index >= 15 is 0 Å². The Bertz CT molecular complexity index is 287. The van der Waals surface area contributed by atoms with Gasteiger partial charge in [-0.1, -0.05) is 20.8 Å². The summed E-state index contributed by atoms with van der Waals surface area (Å²) in [4.78, 5) is 2.54. The minimum Gasteiger partial charge on any atom is -0.492 e. The van der Waals surface area contributed by atoms with Gasteiger partial charge in [-0.25, -0.2) is 0 Å². The maximum atomic E-state index is 6.41. The minimum absolute atomic E-state index is 0.190. The predicted molar refractivity (Wildman–Crippen MR) is 72.0 cm³/mol. The maximum absolute atomic E-state index is 6.41. The molecule has 2 aliphatic heterocycles. The third kappa shape index (κ3) is 2.67. The fourth-order valence-electron chi connectivity index (χ4n) is 3.23. The molecule has 0 bridgehead atoms. The molecule has 0 atom stereocenters. The Morgan fingerprint density at radius 2 is 1.76 bits per heavy atom. The van der Waals surface area contributed by atoms with Gasteiger partial charge in [-0.15, -0.1) is 0 Å². The number of likely N-dealkylation sites (tertiary alicyclic amines) is 1. The van der Waals surface area contributed by atoms with E-state index in [1.54, 1.807) is 5.57 Å². The van der Waals surface area contributed by atoms with Crippen LogP contribution in [0.3, 0.4) is 0 Å². The van der Waals surface area contributed by atoms with E-state index in [1.807, 2.05) is 0 Å². The Labute approximate surface area is 106 Å². The molecule has 0 unspecified atom stereocenters. The molecule has 0 aromatic rings. The summed E-state index contributed by atoms with van der Waals surface area (Å²) in [6.07, 6.45) is 7.20. The second-order valence-corrected chi connectivity index (χ2v) is 5.45. The molecule has 2 aliphatic rings. The first-order chi connectivity index (χ1) is 8.23. The molecule has 2 heteroatoms. The number of piperidine rings is 1. The Kier molecular flexibility index (Phi) is 4.13. The van der Waals surface area contributed by atoms with E-state index in [4.69, 9.17) is 4.74 Å². The van der Waals surface area contributed by atoms with Crippen LogP contribution in [0.15, 0.2) is 11.3 Å². The van der Waals surface area contributed by atoms with Crippen molar-refractivity contribution in [2.75, 3.05) is 19.6 Å². The van der Waals surface area contributed by atoms with E-state index in [2.05, 4.69) is 25.7 Å². The highest BCUT2D eigenvalue weighted by Crippen LogP contribution is 2.40. The average molecular weight is 237 g/mol. The van der Waals surface area contributed by atoms with Crippen LogP contribution in [-0.4, -0.2) is 30.1 Å². The lowest BCUT2D eigenvalue weighted by atomic mass is 9.82. The number of allylic oxidation sites excluding steroid dienone is 2. The molecule has 1 spiro atoms. The van der Waals surface area contributed by atoms with Gasteiger partial charge in [-0.2, -0.15) is 0 Å². The van der Waals surface area contributed by atoms with Crippen molar-refractivity contribution in [2.45, 2.75) is 64.9 Å². The lowest BCUT2D eigenvalue weighted by Crippen LogP contribution is -2.47. The van der Waals surface area contributed by atoms with Gasteiger partial charge in [0.1, 0.15) is 5.60 Å². The summed E-state index contributed by atoms with van der Waals surface area (Å²) in [6.45, 7) is 10.4. The number of ether oxygens (including phenoxy) is 1. The van der Waals surface area contributed by atoms with Crippen LogP contribution in [0.4, 0.5) is 0 Å². The minimum atomic E-state index is 0.190. The van der Waals surface area contributed by atoms with E-state index in [0.29, 0.717) is 0 Å². The topological polar surface area (TPSA) is 12.5 Å². The monoisotopic (exact) mass is 237 g/mol. The Hall–Kier alpha value is -0.500. The Morgan fingerprint density at radius 3 is 2.29 bits per heavy atom. The summed E-state index contributed by atoms with van der Waals surface area (Å²) in [7, 11) is 0. The van der Waals surface area contributed by atoms with Crippen molar-refractivity contribution in [3.63, 3.8) is 0 Å². The average Bonchev–Trinajstić information content (AvgIpc) is 2.39. The van der Waals surface area contributed by atoms with Gasteiger partial charge in [0.15, 0.2) is 0 Å². The van der Waals surface area contributed by atoms with E-state index in [-0.39, 0.29) is 5.60 Å². The van der Waals surface area contributed by atoms with Crippen molar-refractivity contribution in [3.8, 4) is 0 Å². The molecular weight excluding hydrogens is 210 g/mol. The van der Waals surface area contributed by atoms with Crippen molar-refractivity contribution in [1.29, 1.82) is 0 Å². The summed E-state index contributed by atoms with van der Waals surface area (Å²) < 4.78 is 6.41. The summed E-state index contributed by atoms with van der Waals surface area (Å²) >= 11 is 0. The molecule has 0 amide bonds. The first-order valence-corrected chi connectivity index (χ1v) is 7.35. The van der Waals surface area contributed by atoms with Gasteiger partial charge in [0.05, 0.1) is 5.76 Å². The second kappa shape index (κ2) is 5.43. The molecule has 2 nitrogen and oxygen atoms in total. The third-order valence-corrected chi connectivity index (χ3v) is 4.58. The van der Waals surface area contributed by atoms with Crippen LogP contribution in [0, 0.1) is 0 Å². The van der Waals surface area contributed by atoms with E-state index in [0.717, 1.165) is 6.42 Å². The molecule has 98 valence electrons. The molecule has 1 fully saturated rings. The van der Waals surface area contributed by atoms with Crippen molar-refractivity contribution in [2.24, 2.45) is 0 Å². The zero-order valence-corrected chi connectivity index (χ0v) is 11.7. The molecule has 0 N–H and O–H groups in total. The van der Waals surface area contributed by atoms with Crippen LogP contribution in [0.1, 0.15) is 59.3 Å². The number of nitrogens with zero attached hydrogens (tertiary/aromatic N) is 1. The fraction of sp³-hybridized carbons (Fsp3) is 0.867. The van der Waals surface area contributed by atoms with Crippen molar-refractivity contribution < 1.29 is 4.74 Å². The number of rotatable bonds is 3. The molecule has 2 rings (SSSR count). The SMILES string of the molecule is CCC1=C(CC)OC2(CC1)CCN(CC)CC2. The summed E-state index contributed by atoms with van der Waals surface area (Å²) in [5.74, 6) is 1.31. The van der Waals surface area contributed by atoms with Gasteiger partial charge in [-0.3, -0.25) is 0 Å². The lowest BCUT2D eigenvalue weighted by Gasteiger charge is -2.45. The van der Waals surface area contributed by atoms with Crippen molar-refractivity contribution in [3.05, 3.63) is 11.3 Å².